The van der Waals surface area contributed by atoms with Crippen molar-refractivity contribution in [3.63, 3.8) is 0 Å². The summed E-state index contributed by atoms with van der Waals surface area (Å²) in [4.78, 5) is 0. The van der Waals surface area contributed by atoms with E-state index < -0.39 is 9.84 Å². The van der Waals surface area contributed by atoms with Gasteiger partial charge in [-0.2, -0.15) is 0 Å². The van der Waals surface area contributed by atoms with Gasteiger partial charge in [0, 0.05) is 0 Å². The van der Waals surface area contributed by atoms with Gasteiger partial charge in [0.15, 0.2) is 9.84 Å². The van der Waals surface area contributed by atoms with Crippen LogP contribution >= 0.6 is 0 Å². The van der Waals surface area contributed by atoms with E-state index in [0.29, 0.717) is 0 Å². The molecule has 0 aromatic rings. The van der Waals surface area contributed by atoms with E-state index in [1.807, 2.05) is 34.6 Å². The summed E-state index contributed by atoms with van der Waals surface area (Å²) < 4.78 is 29.0. The van der Waals surface area contributed by atoms with Crippen LogP contribution < -0.4 is 0 Å². The van der Waals surface area contributed by atoms with Crippen molar-refractivity contribution >= 4 is 9.84 Å². The van der Waals surface area contributed by atoms with Crippen LogP contribution in [0.25, 0.3) is 0 Å². The van der Waals surface area contributed by atoms with Crippen LogP contribution in [0.3, 0.4) is 0 Å². The normalized spacial score (nSPS) is 36.5. The van der Waals surface area contributed by atoms with E-state index in [4.69, 9.17) is 4.74 Å². The summed E-state index contributed by atoms with van der Waals surface area (Å²) in [7, 11) is -2.85. The Morgan fingerprint density at radius 2 is 1.47 bits per heavy atom. The molecule has 2 unspecified atom stereocenters. The zero-order chi connectivity index (χ0) is 11.9. The summed E-state index contributed by atoms with van der Waals surface area (Å²) in [5.74, 6) is 0.715. The van der Waals surface area contributed by atoms with Crippen LogP contribution in [0.15, 0.2) is 0 Å². The van der Waals surface area contributed by atoms with Crippen molar-refractivity contribution in [1.82, 2.24) is 0 Å². The first-order valence-corrected chi connectivity index (χ1v) is 7.31. The summed E-state index contributed by atoms with van der Waals surface area (Å²) in [6, 6.07) is 0. The van der Waals surface area contributed by atoms with Gasteiger partial charge in [-0.05, 0) is 32.6 Å². The molecule has 0 saturated carbocycles. The van der Waals surface area contributed by atoms with E-state index in [0.717, 1.165) is 0 Å². The Morgan fingerprint density at radius 1 is 1.07 bits per heavy atom. The van der Waals surface area contributed by atoms with E-state index >= 15 is 0 Å². The highest BCUT2D eigenvalue weighted by atomic mass is 32.2. The molecule has 0 amide bonds. The molecule has 0 N–H and O–H groups in total. The molecule has 3 nitrogen and oxygen atoms in total. The number of hydrogen-bond acceptors (Lipinski definition) is 3. The summed E-state index contributed by atoms with van der Waals surface area (Å²) in [5.41, 5.74) is -0.200. The van der Waals surface area contributed by atoms with E-state index in [9.17, 15) is 8.42 Å². The first-order valence-electron chi connectivity index (χ1n) is 5.49. The zero-order valence-corrected chi connectivity index (χ0v) is 11.1. The minimum atomic E-state index is -2.85. The molecule has 0 aromatic heterocycles. The van der Waals surface area contributed by atoms with E-state index in [-0.39, 0.29) is 35.0 Å². The number of rotatable bonds is 1. The van der Waals surface area contributed by atoms with Crippen LogP contribution in [0.5, 0.6) is 0 Å². The largest absolute Gasteiger partial charge is 0.372 e. The van der Waals surface area contributed by atoms with Gasteiger partial charge in [0.05, 0.1) is 23.2 Å². The molecular weight excluding hydrogens is 212 g/mol. The van der Waals surface area contributed by atoms with Gasteiger partial charge >= 0.3 is 0 Å². The third kappa shape index (κ3) is 3.76. The topological polar surface area (TPSA) is 43.4 Å². The maximum absolute atomic E-state index is 11.5. The SMILES string of the molecule is CC1CS(=O)(=O)CC(C)C1OC(C)(C)C. The Balaban J connectivity index is 2.76. The second-order valence-electron chi connectivity index (χ2n) is 5.73. The molecule has 15 heavy (non-hydrogen) atoms. The molecule has 4 heteroatoms. The van der Waals surface area contributed by atoms with Gasteiger partial charge in [0.1, 0.15) is 0 Å². The molecule has 1 saturated heterocycles. The number of ether oxygens (including phenoxy) is 1. The van der Waals surface area contributed by atoms with Crippen LogP contribution in [0, 0.1) is 11.8 Å². The van der Waals surface area contributed by atoms with Crippen LogP contribution in [0.4, 0.5) is 0 Å². The predicted octanol–water partition coefficient (Wildman–Crippen LogP) is 1.87. The lowest BCUT2D eigenvalue weighted by atomic mass is 9.94. The molecule has 1 aliphatic rings. The molecule has 1 fully saturated rings. The molecule has 0 spiro atoms. The smallest absolute Gasteiger partial charge is 0.151 e. The molecule has 2 atom stereocenters. The Kier molecular flexibility index (Phi) is 3.51. The lowest BCUT2D eigenvalue weighted by Crippen LogP contribution is -2.46. The summed E-state index contributed by atoms with van der Waals surface area (Å²) in [5, 5.41) is 0. The second kappa shape index (κ2) is 4.06. The van der Waals surface area contributed by atoms with Crippen LogP contribution in [0.1, 0.15) is 34.6 Å². The molecule has 1 rings (SSSR count). The Labute approximate surface area is 93.1 Å². The first-order chi connectivity index (χ1) is 6.61. The van der Waals surface area contributed by atoms with Gasteiger partial charge in [-0.25, -0.2) is 8.42 Å². The fourth-order valence-electron chi connectivity index (χ4n) is 2.26. The predicted molar refractivity (Wildman–Crippen MR) is 61.6 cm³/mol. The third-order valence-electron chi connectivity index (χ3n) is 2.64. The summed E-state index contributed by atoms with van der Waals surface area (Å²) in [6.07, 6.45) is 0.0634. The van der Waals surface area contributed by atoms with Gasteiger partial charge in [0.2, 0.25) is 0 Å². The Morgan fingerprint density at radius 3 is 1.80 bits per heavy atom. The average Bonchev–Trinajstić information content (AvgIpc) is 1.93. The van der Waals surface area contributed by atoms with E-state index in [1.54, 1.807) is 0 Å². The molecule has 90 valence electrons. The number of hydrogen-bond donors (Lipinski definition) is 0. The van der Waals surface area contributed by atoms with Crippen molar-refractivity contribution in [3.05, 3.63) is 0 Å². The fourth-order valence-corrected chi connectivity index (χ4v) is 4.38. The van der Waals surface area contributed by atoms with Gasteiger partial charge < -0.3 is 4.74 Å². The van der Waals surface area contributed by atoms with Crippen molar-refractivity contribution < 1.29 is 13.2 Å². The monoisotopic (exact) mass is 234 g/mol. The molecule has 1 heterocycles. The number of sulfone groups is 1. The van der Waals surface area contributed by atoms with E-state index in [2.05, 4.69) is 0 Å². The van der Waals surface area contributed by atoms with Crippen LogP contribution in [-0.4, -0.2) is 31.6 Å². The standard InChI is InChI=1S/C11H22O3S/c1-8-6-15(12,13)7-9(2)10(8)14-11(3,4)5/h8-10H,6-7H2,1-5H3. The molecule has 0 aliphatic carbocycles. The quantitative estimate of drug-likeness (QED) is 0.695. The lowest BCUT2D eigenvalue weighted by molar-refractivity contribution is -0.0998. The average molecular weight is 234 g/mol. The molecule has 0 aromatic carbocycles. The van der Waals surface area contributed by atoms with Gasteiger partial charge in [-0.15, -0.1) is 0 Å². The zero-order valence-electron chi connectivity index (χ0n) is 10.3. The van der Waals surface area contributed by atoms with Crippen molar-refractivity contribution in [1.29, 1.82) is 0 Å². The van der Waals surface area contributed by atoms with E-state index in [1.165, 1.54) is 0 Å². The maximum atomic E-state index is 11.5. The van der Waals surface area contributed by atoms with Crippen LogP contribution in [-0.2, 0) is 14.6 Å². The van der Waals surface area contributed by atoms with Crippen molar-refractivity contribution in [2.24, 2.45) is 11.8 Å². The third-order valence-corrected chi connectivity index (χ3v) is 4.71. The molecular formula is C11H22O3S. The van der Waals surface area contributed by atoms with Crippen molar-refractivity contribution in [2.45, 2.75) is 46.3 Å². The summed E-state index contributed by atoms with van der Waals surface area (Å²) in [6.45, 7) is 9.95. The first kappa shape index (κ1) is 13.0. The summed E-state index contributed by atoms with van der Waals surface area (Å²) >= 11 is 0. The fraction of sp³-hybridized carbons (Fsp3) is 1.00. The highest BCUT2D eigenvalue weighted by molar-refractivity contribution is 7.91. The highest BCUT2D eigenvalue weighted by Gasteiger charge is 2.38. The lowest BCUT2D eigenvalue weighted by Gasteiger charge is -2.38. The second-order valence-corrected chi connectivity index (χ2v) is 7.88. The minimum Gasteiger partial charge on any atom is -0.372 e. The van der Waals surface area contributed by atoms with Gasteiger partial charge in [-0.3, -0.25) is 0 Å². The van der Waals surface area contributed by atoms with Crippen LogP contribution in [0.2, 0.25) is 0 Å². The highest BCUT2D eigenvalue weighted by Crippen LogP contribution is 2.29. The Bertz CT molecular complexity index is 295. The van der Waals surface area contributed by atoms with Crippen molar-refractivity contribution in [3.8, 4) is 0 Å². The maximum Gasteiger partial charge on any atom is 0.151 e. The van der Waals surface area contributed by atoms with Gasteiger partial charge in [0.25, 0.3) is 0 Å². The molecule has 0 radical (unpaired) electrons. The minimum absolute atomic E-state index is 0.0634. The molecule has 0 bridgehead atoms. The van der Waals surface area contributed by atoms with Crippen molar-refractivity contribution in [2.75, 3.05) is 11.5 Å². The molecule has 1 aliphatic heterocycles. The van der Waals surface area contributed by atoms with Gasteiger partial charge in [-0.1, -0.05) is 13.8 Å². The Hall–Kier alpha value is -0.0900.